The van der Waals surface area contributed by atoms with Crippen molar-refractivity contribution in [3.63, 3.8) is 0 Å². The number of amides is 2. The number of H-pyrrole nitrogens is 1. The van der Waals surface area contributed by atoms with Crippen LogP contribution in [0.25, 0.3) is 22.6 Å². The summed E-state index contributed by atoms with van der Waals surface area (Å²) in [5.41, 5.74) is 4.60. The molecule has 4 rings (SSSR count). The molecule has 2 heterocycles. The maximum Gasteiger partial charge on any atom is 0.321 e. The van der Waals surface area contributed by atoms with Gasteiger partial charge in [0.1, 0.15) is 0 Å². The molecule has 0 unspecified atom stereocenters. The quantitative estimate of drug-likeness (QED) is 0.481. The number of aromatic nitrogens is 6. The van der Waals surface area contributed by atoms with Crippen LogP contribution in [0.3, 0.4) is 0 Å². The van der Waals surface area contributed by atoms with Gasteiger partial charge in [-0.15, -0.1) is 5.10 Å². The summed E-state index contributed by atoms with van der Waals surface area (Å²) in [6, 6.07) is 19.4. The van der Waals surface area contributed by atoms with Crippen LogP contribution in [0.1, 0.15) is 12.1 Å². The minimum absolute atomic E-state index is 0.164. The summed E-state index contributed by atoms with van der Waals surface area (Å²) in [4.78, 5) is 14.2. The van der Waals surface area contributed by atoms with Gasteiger partial charge in [0.15, 0.2) is 5.82 Å². The first-order valence-corrected chi connectivity index (χ1v) is 10.0. The Balaban J connectivity index is 1.29. The maximum absolute atomic E-state index is 12.6. The molecule has 9 nitrogen and oxygen atoms in total. The van der Waals surface area contributed by atoms with Gasteiger partial charge < -0.3 is 10.2 Å². The number of carbonyl (C=O) groups excluding carboxylic acids is 1. The van der Waals surface area contributed by atoms with Gasteiger partial charge in [0.2, 0.25) is 0 Å². The predicted molar refractivity (Wildman–Crippen MR) is 118 cm³/mol. The fraction of sp³-hybridized carbons (Fsp3) is 0.227. The van der Waals surface area contributed by atoms with Crippen LogP contribution in [0.5, 0.6) is 0 Å². The number of anilines is 1. The second-order valence-corrected chi connectivity index (χ2v) is 7.31. The van der Waals surface area contributed by atoms with Gasteiger partial charge in [0.05, 0.1) is 5.69 Å². The highest BCUT2D eigenvalue weighted by Crippen LogP contribution is 2.20. The SMILES string of the molecule is CN(CCCc1cc(-c2ccccc2)n[nH]1)C(=O)Nc1cccc(-c2nnnn2C)c1. The summed E-state index contributed by atoms with van der Waals surface area (Å²) in [6.07, 6.45) is 1.64. The molecule has 2 aromatic heterocycles. The van der Waals surface area contributed by atoms with Gasteiger partial charge in [-0.2, -0.15) is 5.10 Å². The molecule has 0 bridgehead atoms. The van der Waals surface area contributed by atoms with E-state index in [0.29, 0.717) is 18.1 Å². The van der Waals surface area contributed by atoms with Crippen molar-refractivity contribution in [3.05, 3.63) is 66.4 Å². The van der Waals surface area contributed by atoms with E-state index < -0.39 is 0 Å². The summed E-state index contributed by atoms with van der Waals surface area (Å²) >= 11 is 0. The summed E-state index contributed by atoms with van der Waals surface area (Å²) in [7, 11) is 3.56. The van der Waals surface area contributed by atoms with Crippen LogP contribution in [-0.4, -0.2) is 54.9 Å². The summed E-state index contributed by atoms with van der Waals surface area (Å²) in [5, 5.41) is 21.9. The van der Waals surface area contributed by atoms with Crippen molar-refractivity contribution in [2.75, 3.05) is 18.9 Å². The number of nitrogens with zero attached hydrogens (tertiary/aromatic N) is 6. The van der Waals surface area contributed by atoms with Crippen molar-refractivity contribution >= 4 is 11.7 Å². The predicted octanol–water partition coefficient (Wildman–Crippen LogP) is 3.36. The fourth-order valence-electron chi connectivity index (χ4n) is 3.28. The molecule has 0 aliphatic rings. The van der Waals surface area contributed by atoms with Crippen molar-refractivity contribution in [2.45, 2.75) is 12.8 Å². The molecule has 0 aliphatic heterocycles. The van der Waals surface area contributed by atoms with Gasteiger partial charge >= 0.3 is 6.03 Å². The average Bonchev–Trinajstić information content (AvgIpc) is 3.43. The number of tetrazole rings is 1. The lowest BCUT2D eigenvalue weighted by molar-refractivity contribution is 0.222. The van der Waals surface area contributed by atoms with E-state index >= 15 is 0 Å². The van der Waals surface area contributed by atoms with Gasteiger partial charge in [-0.05, 0) is 41.5 Å². The highest BCUT2D eigenvalue weighted by atomic mass is 16.2. The monoisotopic (exact) mass is 416 g/mol. The Labute approximate surface area is 180 Å². The number of hydrogen-bond acceptors (Lipinski definition) is 5. The molecular formula is C22H24N8O. The number of hydrogen-bond donors (Lipinski definition) is 2. The van der Waals surface area contributed by atoms with E-state index in [4.69, 9.17) is 0 Å². The van der Waals surface area contributed by atoms with E-state index in [1.807, 2.05) is 54.6 Å². The Bertz CT molecular complexity index is 1150. The van der Waals surface area contributed by atoms with E-state index in [1.54, 1.807) is 23.7 Å². The molecule has 0 atom stereocenters. The summed E-state index contributed by atoms with van der Waals surface area (Å²) < 4.78 is 1.59. The molecule has 0 spiro atoms. The minimum Gasteiger partial charge on any atom is -0.328 e. The maximum atomic E-state index is 12.6. The molecule has 31 heavy (non-hydrogen) atoms. The van der Waals surface area contributed by atoms with E-state index in [-0.39, 0.29) is 6.03 Å². The summed E-state index contributed by atoms with van der Waals surface area (Å²) in [6.45, 7) is 0.623. The lowest BCUT2D eigenvalue weighted by Gasteiger charge is -2.18. The highest BCUT2D eigenvalue weighted by molar-refractivity contribution is 5.89. The molecule has 0 fully saturated rings. The number of carbonyl (C=O) groups is 1. The van der Waals surface area contributed by atoms with Gasteiger partial charge in [-0.1, -0.05) is 42.5 Å². The molecule has 0 radical (unpaired) electrons. The van der Waals surface area contributed by atoms with Crippen LogP contribution in [0.15, 0.2) is 60.7 Å². The second kappa shape index (κ2) is 9.21. The largest absolute Gasteiger partial charge is 0.328 e. The molecule has 9 heteroatoms. The molecule has 0 saturated heterocycles. The Morgan fingerprint density at radius 3 is 2.68 bits per heavy atom. The van der Waals surface area contributed by atoms with E-state index in [9.17, 15) is 4.79 Å². The third kappa shape index (κ3) is 4.95. The molecule has 0 saturated carbocycles. The first kappa shape index (κ1) is 20.3. The van der Waals surface area contributed by atoms with Gasteiger partial charge in [-0.3, -0.25) is 5.10 Å². The van der Waals surface area contributed by atoms with Crippen LogP contribution < -0.4 is 5.32 Å². The minimum atomic E-state index is -0.164. The van der Waals surface area contributed by atoms with Crippen LogP contribution in [-0.2, 0) is 13.5 Å². The first-order valence-electron chi connectivity index (χ1n) is 10.0. The zero-order valence-corrected chi connectivity index (χ0v) is 17.5. The van der Waals surface area contributed by atoms with Crippen molar-refractivity contribution in [3.8, 4) is 22.6 Å². The second-order valence-electron chi connectivity index (χ2n) is 7.31. The number of rotatable bonds is 7. The van der Waals surface area contributed by atoms with Crippen molar-refractivity contribution in [1.29, 1.82) is 0 Å². The van der Waals surface area contributed by atoms with Crippen molar-refractivity contribution < 1.29 is 4.79 Å². The topological polar surface area (TPSA) is 105 Å². The number of aromatic amines is 1. The van der Waals surface area contributed by atoms with Gasteiger partial charge in [-0.25, -0.2) is 9.48 Å². The van der Waals surface area contributed by atoms with Crippen molar-refractivity contribution in [2.24, 2.45) is 7.05 Å². The van der Waals surface area contributed by atoms with Crippen LogP contribution in [0.2, 0.25) is 0 Å². The Hall–Kier alpha value is -4.01. The van der Waals surface area contributed by atoms with Crippen LogP contribution in [0, 0.1) is 0 Å². The third-order valence-electron chi connectivity index (χ3n) is 4.98. The molecule has 2 aromatic carbocycles. The Morgan fingerprint density at radius 1 is 1.10 bits per heavy atom. The van der Waals surface area contributed by atoms with E-state index in [1.165, 1.54) is 0 Å². The smallest absolute Gasteiger partial charge is 0.321 e. The van der Waals surface area contributed by atoms with Gasteiger partial charge in [0, 0.05) is 43.1 Å². The van der Waals surface area contributed by atoms with Crippen molar-refractivity contribution in [1.82, 2.24) is 35.3 Å². The number of nitrogens with one attached hydrogen (secondary N) is 2. The molecule has 158 valence electrons. The van der Waals surface area contributed by atoms with Crippen LogP contribution >= 0.6 is 0 Å². The normalized spacial score (nSPS) is 10.8. The standard InChI is InChI=1S/C22H24N8O/c1-29(13-7-12-19-15-20(25-24-19)16-8-4-3-5-9-16)22(31)23-18-11-6-10-17(14-18)21-26-27-28-30(21)2/h3-6,8-11,14-15H,7,12-13H2,1-2H3,(H,23,31)(H,24,25). The summed E-state index contributed by atoms with van der Waals surface area (Å²) in [5.74, 6) is 0.638. The Kier molecular flexibility index (Phi) is 6.02. The zero-order chi connectivity index (χ0) is 21.6. The lowest BCUT2D eigenvalue weighted by Crippen LogP contribution is -2.32. The third-order valence-corrected chi connectivity index (χ3v) is 4.98. The number of aryl methyl sites for hydroxylation is 2. The van der Waals surface area contributed by atoms with E-state index in [0.717, 1.165) is 35.4 Å². The zero-order valence-electron chi connectivity index (χ0n) is 17.5. The molecular weight excluding hydrogens is 392 g/mol. The van der Waals surface area contributed by atoms with Crippen LogP contribution in [0.4, 0.5) is 10.5 Å². The molecule has 4 aromatic rings. The number of urea groups is 1. The fourth-order valence-corrected chi connectivity index (χ4v) is 3.28. The van der Waals surface area contributed by atoms with Gasteiger partial charge in [0.25, 0.3) is 0 Å². The average molecular weight is 416 g/mol. The molecule has 2 amide bonds. The number of benzene rings is 2. The molecule has 2 N–H and O–H groups in total. The van der Waals surface area contributed by atoms with E-state index in [2.05, 4.69) is 37.1 Å². The Morgan fingerprint density at radius 2 is 1.90 bits per heavy atom. The highest BCUT2D eigenvalue weighted by Gasteiger charge is 2.11. The molecule has 0 aliphatic carbocycles. The lowest BCUT2D eigenvalue weighted by atomic mass is 10.1. The first-order chi connectivity index (χ1) is 15.1.